The Hall–Kier alpha value is -1.78. The highest BCUT2D eigenvalue weighted by molar-refractivity contribution is 5.84. The van der Waals surface area contributed by atoms with E-state index >= 15 is 0 Å². The van der Waals surface area contributed by atoms with E-state index in [2.05, 4.69) is 10.6 Å². The fourth-order valence-electron chi connectivity index (χ4n) is 1.45. The predicted octanol–water partition coefficient (Wildman–Crippen LogP) is 2.16. The summed E-state index contributed by atoms with van der Waals surface area (Å²) in [5.41, 5.74) is 0.251. The van der Waals surface area contributed by atoms with Gasteiger partial charge in [-0.2, -0.15) is 0 Å². The van der Waals surface area contributed by atoms with Crippen LogP contribution in [0.1, 0.15) is 20.8 Å². The Morgan fingerprint density at radius 2 is 2.00 bits per heavy atom. The number of halogens is 1. The van der Waals surface area contributed by atoms with Gasteiger partial charge >= 0.3 is 0 Å². The summed E-state index contributed by atoms with van der Waals surface area (Å²) in [6.07, 6.45) is 0. The molecule has 5 heteroatoms. The topological polar surface area (TPSA) is 50.4 Å². The molecule has 18 heavy (non-hydrogen) atoms. The van der Waals surface area contributed by atoms with Gasteiger partial charge in [-0.1, -0.05) is 0 Å². The van der Waals surface area contributed by atoms with Gasteiger partial charge < -0.3 is 15.4 Å². The largest absolute Gasteiger partial charge is 0.497 e. The van der Waals surface area contributed by atoms with Gasteiger partial charge in [-0.25, -0.2) is 4.39 Å². The summed E-state index contributed by atoms with van der Waals surface area (Å²) in [5.74, 6) is -0.0532. The van der Waals surface area contributed by atoms with Crippen LogP contribution in [0.15, 0.2) is 18.2 Å². The van der Waals surface area contributed by atoms with E-state index < -0.39 is 11.9 Å². The van der Waals surface area contributed by atoms with Crippen LogP contribution in [-0.4, -0.2) is 25.1 Å². The number of carbonyl (C=O) groups excluding carboxylic acids is 1. The molecule has 0 fully saturated rings. The summed E-state index contributed by atoms with van der Waals surface area (Å²) in [6, 6.07) is 3.88. The standard InChI is InChI=1S/C13H19FN2O2/c1-8(2)15-13(17)9(3)16-12-7-10(18-4)5-6-11(12)14/h5-9,16H,1-4H3,(H,15,17). The molecule has 2 N–H and O–H groups in total. The van der Waals surface area contributed by atoms with E-state index in [4.69, 9.17) is 4.74 Å². The summed E-state index contributed by atoms with van der Waals surface area (Å²) >= 11 is 0. The van der Waals surface area contributed by atoms with Crippen LogP contribution >= 0.6 is 0 Å². The van der Waals surface area contributed by atoms with Crippen molar-refractivity contribution in [2.75, 3.05) is 12.4 Å². The van der Waals surface area contributed by atoms with Gasteiger partial charge in [0.2, 0.25) is 5.91 Å². The molecule has 4 nitrogen and oxygen atoms in total. The molecule has 0 aliphatic carbocycles. The first-order valence-corrected chi connectivity index (χ1v) is 5.84. The lowest BCUT2D eigenvalue weighted by molar-refractivity contribution is -0.122. The summed E-state index contributed by atoms with van der Waals surface area (Å²) < 4.78 is 18.6. The number of nitrogens with one attached hydrogen (secondary N) is 2. The maximum absolute atomic E-state index is 13.5. The molecule has 0 aliphatic rings. The summed E-state index contributed by atoms with van der Waals surface area (Å²) in [5, 5.41) is 5.58. The van der Waals surface area contributed by atoms with Crippen molar-refractivity contribution in [3.63, 3.8) is 0 Å². The molecule has 0 saturated carbocycles. The Balaban J connectivity index is 2.74. The van der Waals surface area contributed by atoms with E-state index in [1.807, 2.05) is 13.8 Å². The lowest BCUT2D eigenvalue weighted by atomic mass is 10.2. The molecule has 1 aromatic rings. The van der Waals surface area contributed by atoms with Gasteiger partial charge in [-0.15, -0.1) is 0 Å². The van der Waals surface area contributed by atoms with Crippen LogP contribution in [0.5, 0.6) is 5.75 Å². The molecule has 100 valence electrons. The van der Waals surface area contributed by atoms with Crippen LogP contribution in [0.4, 0.5) is 10.1 Å². The average molecular weight is 254 g/mol. The third-order valence-electron chi connectivity index (χ3n) is 2.37. The van der Waals surface area contributed by atoms with Crippen molar-refractivity contribution in [1.82, 2.24) is 5.32 Å². The van der Waals surface area contributed by atoms with E-state index in [9.17, 15) is 9.18 Å². The Labute approximate surface area is 107 Å². The highest BCUT2D eigenvalue weighted by Crippen LogP contribution is 2.21. The molecule has 1 atom stereocenters. The Morgan fingerprint density at radius 1 is 1.33 bits per heavy atom. The SMILES string of the molecule is COc1ccc(F)c(NC(C)C(=O)NC(C)C)c1. The lowest BCUT2D eigenvalue weighted by Crippen LogP contribution is -2.41. The molecule has 0 aliphatic heterocycles. The van der Waals surface area contributed by atoms with Crippen molar-refractivity contribution < 1.29 is 13.9 Å². The van der Waals surface area contributed by atoms with Gasteiger partial charge in [0.1, 0.15) is 17.6 Å². The quantitative estimate of drug-likeness (QED) is 0.846. The molecule has 1 aromatic carbocycles. The third kappa shape index (κ3) is 3.91. The van der Waals surface area contributed by atoms with Crippen LogP contribution < -0.4 is 15.4 Å². The fraction of sp³-hybridized carbons (Fsp3) is 0.462. The van der Waals surface area contributed by atoms with Gasteiger partial charge in [0.05, 0.1) is 12.8 Å². The molecular weight excluding hydrogens is 235 g/mol. The van der Waals surface area contributed by atoms with Gasteiger partial charge in [-0.3, -0.25) is 4.79 Å². The second-order valence-electron chi connectivity index (χ2n) is 4.38. The van der Waals surface area contributed by atoms with Gasteiger partial charge in [0, 0.05) is 12.1 Å². The fourth-order valence-corrected chi connectivity index (χ4v) is 1.45. The van der Waals surface area contributed by atoms with Crippen molar-refractivity contribution in [2.45, 2.75) is 32.9 Å². The van der Waals surface area contributed by atoms with E-state index in [0.717, 1.165) is 0 Å². The third-order valence-corrected chi connectivity index (χ3v) is 2.37. The molecule has 0 aromatic heterocycles. The van der Waals surface area contributed by atoms with Crippen molar-refractivity contribution >= 4 is 11.6 Å². The van der Waals surface area contributed by atoms with Crippen LogP contribution in [0.3, 0.4) is 0 Å². The number of benzene rings is 1. The van der Waals surface area contributed by atoms with Crippen LogP contribution in [0.25, 0.3) is 0 Å². The number of ether oxygens (including phenoxy) is 1. The first-order chi connectivity index (χ1) is 8.43. The molecule has 0 spiro atoms. The predicted molar refractivity (Wildman–Crippen MR) is 69.3 cm³/mol. The normalized spacial score (nSPS) is 12.1. The molecule has 0 saturated heterocycles. The monoisotopic (exact) mass is 254 g/mol. The highest BCUT2D eigenvalue weighted by Gasteiger charge is 2.15. The highest BCUT2D eigenvalue weighted by atomic mass is 19.1. The number of amides is 1. The Morgan fingerprint density at radius 3 is 2.56 bits per heavy atom. The number of carbonyl (C=O) groups is 1. The first-order valence-electron chi connectivity index (χ1n) is 5.84. The van der Waals surface area contributed by atoms with Crippen molar-refractivity contribution in [1.29, 1.82) is 0 Å². The molecule has 0 radical (unpaired) electrons. The molecular formula is C13H19FN2O2. The number of anilines is 1. The molecule has 0 bridgehead atoms. The lowest BCUT2D eigenvalue weighted by Gasteiger charge is -2.17. The Kier molecular flexibility index (Phi) is 4.95. The summed E-state index contributed by atoms with van der Waals surface area (Å²) in [4.78, 5) is 11.7. The van der Waals surface area contributed by atoms with Crippen LogP contribution in [0, 0.1) is 5.82 Å². The minimum atomic E-state index is -0.519. The number of methoxy groups -OCH3 is 1. The average Bonchev–Trinajstić information content (AvgIpc) is 2.31. The van der Waals surface area contributed by atoms with E-state index in [1.165, 1.54) is 25.3 Å². The number of hydrogen-bond acceptors (Lipinski definition) is 3. The second kappa shape index (κ2) is 6.23. The molecule has 1 amide bonds. The maximum atomic E-state index is 13.5. The van der Waals surface area contributed by atoms with Crippen LogP contribution in [0.2, 0.25) is 0 Å². The number of rotatable bonds is 5. The minimum absolute atomic E-state index is 0.0527. The molecule has 1 rings (SSSR count). The zero-order chi connectivity index (χ0) is 13.7. The van der Waals surface area contributed by atoms with E-state index in [0.29, 0.717) is 5.75 Å². The van der Waals surface area contributed by atoms with E-state index in [1.54, 1.807) is 6.92 Å². The minimum Gasteiger partial charge on any atom is -0.497 e. The summed E-state index contributed by atoms with van der Waals surface area (Å²) in [6.45, 7) is 5.42. The van der Waals surface area contributed by atoms with Crippen molar-refractivity contribution in [3.8, 4) is 5.75 Å². The zero-order valence-electron chi connectivity index (χ0n) is 11.1. The van der Waals surface area contributed by atoms with E-state index in [-0.39, 0.29) is 17.6 Å². The Bertz CT molecular complexity index is 421. The van der Waals surface area contributed by atoms with Gasteiger partial charge in [0.15, 0.2) is 0 Å². The molecule has 0 heterocycles. The first kappa shape index (κ1) is 14.3. The second-order valence-corrected chi connectivity index (χ2v) is 4.38. The maximum Gasteiger partial charge on any atom is 0.242 e. The smallest absolute Gasteiger partial charge is 0.242 e. The van der Waals surface area contributed by atoms with Gasteiger partial charge in [-0.05, 0) is 32.9 Å². The van der Waals surface area contributed by atoms with Crippen LogP contribution in [-0.2, 0) is 4.79 Å². The molecule has 1 unspecified atom stereocenters. The van der Waals surface area contributed by atoms with Crippen molar-refractivity contribution in [2.24, 2.45) is 0 Å². The summed E-state index contributed by atoms with van der Waals surface area (Å²) in [7, 11) is 1.51. The zero-order valence-corrected chi connectivity index (χ0v) is 11.1. The van der Waals surface area contributed by atoms with Gasteiger partial charge in [0.25, 0.3) is 0 Å². The van der Waals surface area contributed by atoms with Crippen molar-refractivity contribution in [3.05, 3.63) is 24.0 Å². The number of hydrogen-bond donors (Lipinski definition) is 2.